The van der Waals surface area contributed by atoms with Crippen LogP contribution in [0.4, 0.5) is 0 Å². The molecule has 2 aliphatic heterocycles. The molecule has 25 heavy (non-hydrogen) atoms. The summed E-state index contributed by atoms with van der Waals surface area (Å²) in [6, 6.07) is 13.9. The fourth-order valence-corrected chi connectivity index (χ4v) is 3.04. The lowest BCUT2D eigenvalue weighted by Gasteiger charge is -1.86. The average molecular weight is 320 g/mol. The van der Waals surface area contributed by atoms with E-state index in [1.165, 1.54) is 0 Å². The van der Waals surface area contributed by atoms with Gasteiger partial charge in [-0.05, 0) is 66.8 Å². The molecule has 0 unspecified atom stereocenters. The largest absolute Gasteiger partial charge is 0.356 e. The van der Waals surface area contributed by atoms with Crippen molar-refractivity contribution < 1.29 is 0 Å². The molecular formula is C20H13BN4. The second-order valence-corrected chi connectivity index (χ2v) is 6.13. The fourth-order valence-electron chi connectivity index (χ4n) is 3.04. The summed E-state index contributed by atoms with van der Waals surface area (Å²) in [5.74, 6) is 0. The SMILES string of the molecule is [B]c1cc2cc3nc(cc4nc(cc5ccc(cc1[nH]2)[nH]5)C=C4)C=C3. The second-order valence-electron chi connectivity index (χ2n) is 6.13. The van der Waals surface area contributed by atoms with Gasteiger partial charge in [0.15, 0.2) is 0 Å². The molecule has 3 aromatic rings. The van der Waals surface area contributed by atoms with Crippen molar-refractivity contribution in [2.45, 2.75) is 0 Å². The Morgan fingerprint density at radius 2 is 1.16 bits per heavy atom. The summed E-state index contributed by atoms with van der Waals surface area (Å²) in [6.45, 7) is 0. The van der Waals surface area contributed by atoms with E-state index in [0.29, 0.717) is 5.46 Å². The average Bonchev–Trinajstić information content (AvgIpc) is 3.33. The summed E-state index contributed by atoms with van der Waals surface area (Å²) in [4.78, 5) is 15.9. The Morgan fingerprint density at radius 3 is 1.84 bits per heavy atom. The second kappa shape index (κ2) is 5.35. The van der Waals surface area contributed by atoms with Gasteiger partial charge in [-0.2, -0.15) is 0 Å². The Labute approximate surface area is 145 Å². The summed E-state index contributed by atoms with van der Waals surface area (Å²) in [6.07, 6.45) is 7.96. The van der Waals surface area contributed by atoms with Crippen molar-refractivity contribution in [1.82, 2.24) is 19.9 Å². The number of hydrogen-bond donors (Lipinski definition) is 2. The molecule has 5 heterocycles. The van der Waals surface area contributed by atoms with E-state index in [0.717, 1.165) is 44.8 Å². The molecule has 0 aliphatic carbocycles. The van der Waals surface area contributed by atoms with Gasteiger partial charge in [0, 0.05) is 22.1 Å². The maximum Gasteiger partial charge on any atom is 0.116 e. The molecule has 2 radical (unpaired) electrons. The van der Waals surface area contributed by atoms with Crippen LogP contribution in [0.15, 0.2) is 42.5 Å². The van der Waals surface area contributed by atoms with E-state index in [9.17, 15) is 0 Å². The number of aromatic amines is 2. The van der Waals surface area contributed by atoms with E-state index in [-0.39, 0.29) is 0 Å². The monoisotopic (exact) mass is 320 g/mol. The van der Waals surface area contributed by atoms with Crippen LogP contribution in [0.1, 0.15) is 22.8 Å². The lowest BCUT2D eigenvalue weighted by atomic mass is 9.98. The lowest BCUT2D eigenvalue weighted by Crippen LogP contribution is -1.96. The van der Waals surface area contributed by atoms with Gasteiger partial charge >= 0.3 is 0 Å². The minimum Gasteiger partial charge on any atom is -0.356 e. The first-order chi connectivity index (χ1) is 12.2. The Bertz CT molecular complexity index is 1210. The van der Waals surface area contributed by atoms with Gasteiger partial charge in [0.05, 0.1) is 22.8 Å². The zero-order valence-corrected chi connectivity index (χ0v) is 13.3. The van der Waals surface area contributed by atoms with E-state index >= 15 is 0 Å². The van der Waals surface area contributed by atoms with Crippen LogP contribution in [0, 0.1) is 0 Å². The van der Waals surface area contributed by atoms with Crippen molar-refractivity contribution in [3.63, 3.8) is 0 Å². The van der Waals surface area contributed by atoms with Crippen LogP contribution < -0.4 is 5.46 Å². The third-order valence-corrected chi connectivity index (χ3v) is 4.20. The number of hydrogen-bond acceptors (Lipinski definition) is 2. The topological polar surface area (TPSA) is 57.4 Å². The van der Waals surface area contributed by atoms with Crippen molar-refractivity contribution in [2.75, 3.05) is 0 Å². The molecule has 8 bridgehead atoms. The molecule has 0 spiro atoms. The molecule has 0 saturated carbocycles. The Morgan fingerprint density at radius 1 is 0.600 bits per heavy atom. The molecule has 116 valence electrons. The zero-order chi connectivity index (χ0) is 16.8. The molecule has 0 saturated heterocycles. The molecule has 5 heteroatoms. The third kappa shape index (κ3) is 2.70. The fraction of sp³-hybridized carbons (Fsp3) is 0. The summed E-state index contributed by atoms with van der Waals surface area (Å²) in [5.41, 5.74) is 8.05. The Kier molecular flexibility index (Phi) is 3.00. The quantitative estimate of drug-likeness (QED) is 0.429. The van der Waals surface area contributed by atoms with Crippen LogP contribution in [-0.4, -0.2) is 27.8 Å². The highest BCUT2D eigenvalue weighted by atomic mass is 14.8. The van der Waals surface area contributed by atoms with E-state index in [1.54, 1.807) is 0 Å². The standard InChI is InChI=1S/C20H13BN4/c21-19-10-18-9-16-4-3-14(23-16)7-12-1-2-13(22-12)8-15-5-6-17(24-15)11-20(19)25-18/h1-11,24-25H. The van der Waals surface area contributed by atoms with Crippen molar-refractivity contribution >= 4 is 59.7 Å². The third-order valence-electron chi connectivity index (χ3n) is 4.20. The molecule has 0 aromatic carbocycles. The number of rotatable bonds is 0. The molecule has 3 aromatic heterocycles. The Hall–Kier alpha value is -3.34. The molecule has 0 amide bonds. The van der Waals surface area contributed by atoms with Crippen molar-refractivity contribution in [1.29, 1.82) is 0 Å². The molecule has 2 aliphatic rings. The molecule has 5 rings (SSSR count). The summed E-state index contributed by atoms with van der Waals surface area (Å²) in [5, 5.41) is 0. The minimum absolute atomic E-state index is 0.705. The maximum atomic E-state index is 6.14. The summed E-state index contributed by atoms with van der Waals surface area (Å²) >= 11 is 0. The number of H-pyrrole nitrogens is 2. The molecule has 4 nitrogen and oxygen atoms in total. The van der Waals surface area contributed by atoms with E-state index in [4.69, 9.17) is 7.85 Å². The van der Waals surface area contributed by atoms with Gasteiger partial charge in [-0.3, -0.25) is 0 Å². The highest BCUT2D eigenvalue weighted by Gasteiger charge is 2.03. The summed E-state index contributed by atoms with van der Waals surface area (Å²) in [7, 11) is 6.14. The predicted molar refractivity (Wildman–Crippen MR) is 104 cm³/mol. The number of nitrogens with one attached hydrogen (secondary N) is 2. The molecular weight excluding hydrogens is 307 g/mol. The van der Waals surface area contributed by atoms with Crippen molar-refractivity contribution in [3.05, 3.63) is 65.2 Å². The van der Waals surface area contributed by atoms with Crippen molar-refractivity contribution in [2.24, 2.45) is 0 Å². The number of aromatic nitrogens is 4. The van der Waals surface area contributed by atoms with Crippen LogP contribution in [0.5, 0.6) is 0 Å². The molecule has 0 fully saturated rings. The van der Waals surface area contributed by atoms with Gasteiger partial charge in [-0.15, -0.1) is 0 Å². The van der Waals surface area contributed by atoms with Crippen molar-refractivity contribution in [3.8, 4) is 0 Å². The normalized spacial score (nSPS) is 12.6. The number of fused-ring (bicyclic) bond motifs is 8. The van der Waals surface area contributed by atoms with Gasteiger partial charge in [-0.1, -0.05) is 5.46 Å². The van der Waals surface area contributed by atoms with Crippen LogP contribution in [0.3, 0.4) is 0 Å². The first kappa shape index (κ1) is 14.0. The van der Waals surface area contributed by atoms with Gasteiger partial charge in [0.1, 0.15) is 7.85 Å². The van der Waals surface area contributed by atoms with Crippen LogP contribution in [-0.2, 0) is 0 Å². The molecule has 2 N–H and O–H groups in total. The number of nitrogens with zero attached hydrogens (tertiary/aromatic N) is 2. The van der Waals surface area contributed by atoms with Gasteiger partial charge < -0.3 is 9.97 Å². The van der Waals surface area contributed by atoms with E-state index in [1.807, 2.05) is 66.8 Å². The highest BCUT2D eigenvalue weighted by Crippen LogP contribution is 2.16. The van der Waals surface area contributed by atoms with E-state index in [2.05, 4.69) is 19.9 Å². The van der Waals surface area contributed by atoms with Gasteiger partial charge in [0.2, 0.25) is 0 Å². The van der Waals surface area contributed by atoms with Crippen LogP contribution in [0.2, 0.25) is 0 Å². The van der Waals surface area contributed by atoms with Gasteiger partial charge in [0.25, 0.3) is 0 Å². The van der Waals surface area contributed by atoms with Gasteiger partial charge in [-0.25, -0.2) is 9.97 Å². The zero-order valence-electron chi connectivity index (χ0n) is 13.3. The highest BCUT2D eigenvalue weighted by molar-refractivity contribution is 6.37. The maximum absolute atomic E-state index is 6.14. The Balaban J connectivity index is 1.87. The smallest absolute Gasteiger partial charge is 0.116 e. The van der Waals surface area contributed by atoms with E-state index < -0.39 is 0 Å². The van der Waals surface area contributed by atoms with Crippen LogP contribution in [0.25, 0.3) is 46.4 Å². The first-order valence-corrected chi connectivity index (χ1v) is 8.05. The lowest BCUT2D eigenvalue weighted by molar-refractivity contribution is 1.28. The summed E-state index contributed by atoms with van der Waals surface area (Å²) < 4.78 is 0. The predicted octanol–water partition coefficient (Wildman–Crippen LogP) is 3.45. The minimum atomic E-state index is 0.705. The van der Waals surface area contributed by atoms with Crippen LogP contribution >= 0.6 is 0 Å². The first-order valence-electron chi connectivity index (χ1n) is 8.05. The molecule has 0 atom stereocenters.